The zero-order valence-corrected chi connectivity index (χ0v) is 13.3. The predicted octanol–water partition coefficient (Wildman–Crippen LogP) is 2.00. The minimum Gasteiger partial charge on any atom is -0.397 e. The third kappa shape index (κ3) is 4.22. The van der Waals surface area contributed by atoms with Crippen molar-refractivity contribution in [2.75, 3.05) is 43.8 Å². The monoisotopic (exact) mass is 308 g/mol. The van der Waals surface area contributed by atoms with Crippen LogP contribution in [0.3, 0.4) is 0 Å². The van der Waals surface area contributed by atoms with E-state index in [0.717, 1.165) is 24.6 Å². The van der Waals surface area contributed by atoms with Crippen LogP contribution in [0.5, 0.6) is 0 Å². The molecule has 1 unspecified atom stereocenters. The summed E-state index contributed by atoms with van der Waals surface area (Å²) in [5, 5.41) is 7.13. The van der Waals surface area contributed by atoms with Gasteiger partial charge in [-0.05, 0) is 31.5 Å². The fourth-order valence-electron chi connectivity index (χ4n) is 2.53. The van der Waals surface area contributed by atoms with Crippen LogP contribution in [0.15, 0.2) is 18.7 Å². The quantitative estimate of drug-likeness (QED) is 0.674. The van der Waals surface area contributed by atoms with Crippen LogP contribution in [-0.4, -0.2) is 43.5 Å². The molecule has 1 saturated heterocycles. The predicted molar refractivity (Wildman–Crippen MR) is 90.0 cm³/mol. The molecule has 1 aliphatic heterocycles. The van der Waals surface area contributed by atoms with Gasteiger partial charge in [0.05, 0.1) is 10.7 Å². The van der Waals surface area contributed by atoms with Gasteiger partial charge in [0.1, 0.15) is 4.88 Å². The fourth-order valence-corrected chi connectivity index (χ4v) is 3.43. The Labute approximate surface area is 130 Å². The summed E-state index contributed by atoms with van der Waals surface area (Å²) in [6.45, 7) is 10.6. The van der Waals surface area contributed by atoms with Crippen molar-refractivity contribution in [2.45, 2.75) is 13.3 Å². The lowest BCUT2D eigenvalue weighted by Gasteiger charge is -2.13. The minimum absolute atomic E-state index is 0.136. The minimum atomic E-state index is -0.136. The summed E-state index contributed by atoms with van der Waals surface area (Å²) in [4.78, 5) is 14.9. The number of nitrogens with two attached hydrogens (primary N) is 1. The molecule has 1 aromatic rings. The Hall–Kier alpha value is -1.53. The van der Waals surface area contributed by atoms with Crippen molar-refractivity contribution in [3.63, 3.8) is 0 Å². The van der Waals surface area contributed by atoms with Crippen LogP contribution in [-0.2, 0) is 0 Å². The zero-order chi connectivity index (χ0) is 15.2. The number of anilines is 2. The Morgan fingerprint density at radius 2 is 2.48 bits per heavy atom. The molecule has 1 atom stereocenters. The number of hydrogen-bond donors (Lipinski definition) is 3. The molecule has 1 amide bonds. The summed E-state index contributed by atoms with van der Waals surface area (Å²) < 4.78 is 0. The molecule has 2 heterocycles. The van der Waals surface area contributed by atoms with Crippen molar-refractivity contribution >= 4 is 27.9 Å². The maximum Gasteiger partial charge on any atom is 0.263 e. The Kier molecular flexibility index (Phi) is 5.64. The molecule has 2 rings (SSSR count). The topological polar surface area (TPSA) is 70.4 Å². The first kappa shape index (κ1) is 15.9. The highest BCUT2D eigenvalue weighted by Crippen LogP contribution is 2.29. The van der Waals surface area contributed by atoms with E-state index >= 15 is 0 Å². The number of nitrogens with one attached hydrogen (secondary N) is 2. The molecule has 1 aliphatic rings. The number of carbonyl (C=O) groups is 1. The summed E-state index contributed by atoms with van der Waals surface area (Å²) in [6, 6.07) is 1.85. The van der Waals surface area contributed by atoms with Crippen molar-refractivity contribution in [2.24, 2.45) is 5.92 Å². The van der Waals surface area contributed by atoms with E-state index in [0.29, 0.717) is 23.0 Å². The molecular weight excluding hydrogens is 284 g/mol. The second-order valence-corrected chi connectivity index (χ2v) is 6.37. The lowest BCUT2D eigenvalue weighted by molar-refractivity contribution is 0.0963. The zero-order valence-electron chi connectivity index (χ0n) is 12.5. The average molecular weight is 308 g/mol. The number of amides is 1. The second-order valence-electron chi connectivity index (χ2n) is 5.32. The van der Waals surface area contributed by atoms with Gasteiger partial charge in [-0.25, -0.2) is 0 Å². The van der Waals surface area contributed by atoms with Gasteiger partial charge in [-0.1, -0.05) is 13.0 Å². The molecule has 5 nitrogen and oxygen atoms in total. The number of rotatable bonds is 7. The van der Waals surface area contributed by atoms with Gasteiger partial charge in [-0.2, -0.15) is 0 Å². The van der Waals surface area contributed by atoms with Crippen LogP contribution in [0.25, 0.3) is 0 Å². The van der Waals surface area contributed by atoms with Gasteiger partial charge in [-0.3, -0.25) is 4.79 Å². The summed E-state index contributed by atoms with van der Waals surface area (Å²) in [5.41, 5.74) is 6.45. The Morgan fingerprint density at radius 3 is 3.14 bits per heavy atom. The number of thiophene rings is 1. The van der Waals surface area contributed by atoms with Gasteiger partial charge in [0.2, 0.25) is 0 Å². The molecule has 0 saturated carbocycles. The average Bonchev–Trinajstić information content (AvgIpc) is 3.08. The molecule has 0 bridgehead atoms. The molecule has 0 aliphatic carbocycles. The summed E-state index contributed by atoms with van der Waals surface area (Å²) in [7, 11) is 0. The molecule has 0 spiro atoms. The lowest BCUT2D eigenvalue weighted by atomic mass is 10.1. The third-order valence-electron chi connectivity index (χ3n) is 3.76. The van der Waals surface area contributed by atoms with Gasteiger partial charge in [-0.15, -0.1) is 17.9 Å². The van der Waals surface area contributed by atoms with Gasteiger partial charge < -0.3 is 21.3 Å². The van der Waals surface area contributed by atoms with Crippen molar-refractivity contribution < 1.29 is 4.79 Å². The van der Waals surface area contributed by atoms with E-state index in [9.17, 15) is 4.79 Å². The molecular formula is C15H24N4OS. The standard InChI is InChI=1S/C15H24N4OS/c1-3-6-17-15(20)14-12(16)8-13(21-14)18-9-11-5-7-19(4-2)10-11/h3,8,11,18H,1,4-7,9-10,16H2,2H3,(H,17,20). The number of hydrogen-bond acceptors (Lipinski definition) is 5. The number of nitrogen functional groups attached to an aromatic ring is 1. The Morgan fingerprint density at radius 1 is 1.67 bits per heavy atom. The van der Waals surface area contributed by atoms with Gasteiger partial charge in [0.25, 0.3) is 5.91 Å². The largest absolute Gasteiger partial charge is 0.397 e. The molecule has 1 fully saturated rings. The van der Waals surface area contributed by atoms with E-state index < -0.39 is 0 Å². The normalized spacial score (nSPS) is 18.6. The molecule has 1 aromatic heterocycles. The van der Waals surface area contributed by atoms with E-state index in [1.807, 2.05) is 6.07 Å². The summed E-state index contributed by atoms with van der Waals surface area (Å²) in [6.07, 6.45) is 2.88. The highest BCUT2D eigenvalue weighted by atomic mass is 32.1. The highest BCUT2D eigenvalue weighted by Gasteiger charge is 2.21. The molecule has 116 valence electrons. The first-order valence-corrected chi connectivity index (χ1v) is 8.20. The molecule has 4 N–H and O–H groups in total. The number of carbonyl (C=O) groups excluding carboxylic acids is 1. The molecule has 0 aromatic carbocycles. The van der Waals surface area contributed by atoms with Gasteiger partial charge in [0, 0.05) is 19.6 Å². The van der Waals surface area contributed by atoms with Gasteiger partial charge >= 0.3 is 0 Å². The third-order valence-corrected chi connectivity index (χ3v) is 4.86. The molecule has 6 heteroatoms. The Bertz CT molecular complexity index is 500. The van der Waals surface area contributed by atoms with E-state index in [-0.39, 0.29) is 5.91 Å². The smallest absolute Gasteiger partial charge is 0.263 e. The van der Waals surface area contributed by atoms with E-state index in [1.165, 1.54) is 24.3 Å². The van der Waals surface area contributed by atoms with Crippen LogP contribution in [0.1, 0.15) is 23.0 Å². The maximum absolute atomic E-state index is 11.9. The highest BCUT2D eigenvalue weighted by molar-refractivity contribution is 7.18. The van der Waals surface area contributed by atoms with Gasteiger partial charge in [0.15, 0.2) is 0 Å². The van der Waals surface area contributed by atoms with Crippen molar-refractivity contribution in [3.8, 4) is 0 Å². The lowest BCUT2D eigenvalue weighted by Crippen LogP contribution is -2.23. The first-order valence-electron chi connectivity index (χ1n) is 7.38. The SMILES string of the molecule is C=CCNC(=O)c1sc(NCC2CCN(CC)C2)cc1N. The Balaban J connectivity index is 1.87. The van der Waals surface area contributed by atoms with Crippen molar-refractivity contribution in [1.82, 2.24) is 10.2 Å². The van der Waals surface area contributed by atoms with Crippen molar-refractivity contribution in [3.05, 3.63) is 23.6 Å². The fraction of sp³-hybridized carbons (Fsp3) is 0.533. The summed E-state index contributed by atoms with van der Waals surface area (Å²) in [5.74, 6) is 0.537. The van der Waals surface area contributed by atoms with Crippen molar-refractivity contribution in [1.29, 1.82) is 0 Å². The number of likely N-dealkylation sites (tertiary alicyclic amines) is 1. The maximum atomic E-state index is 11.9. The second kappa shape index (κ2) is 7.47. The first-order chi connectivity index (χ1) is 10.1. The van der Waals surface area contributed by atoms with E-state index in [4.69, 9.17) is 5.73 Å². The van der Waals surface area contributed by atoms with E-state index in [2.05, 4.69) is 29.0 Å². The number of nitrogens with zero attached hydrogens (tertiary/aromatic N) is 1. The van der Waals surface area contributed by atoms with Crippen LogP contribution in [0, 0.1) is 5.92 Å². The van der Waals surface area contributed by atoms with Crippen LogP contribution < -0.4 is 16.4 Å². The summed E-state index contributed by atoms with van der Waals surface area (Å²) >= 11 is 1.41. The molecule has 0 radical (unpaired) electrons. The molecule has 21 heavy (non-hydrogen) atoms. The van der Waals surface area contributed by atoms with Crippen LogP contribution >= 0.6 is 11.3 Å². The van der Waals surface area contributed by atoms with Crippen LogP contribution in [0.2, 0.25) is 0 Å². The van der Waals surface area contributed by atoms with Crippen LogP contribution in [0.4, 0.5) is 10.7 Å². The van der Waals surface area contributed by atoms with E-state index in [1.54, 1.807) is 6.08 Å².